The average molecular weight is 406 g/mol. The topological polar surface area (TPSA) is 47.0 Å². The molecule has 5 rings (SSSR count). The molecule has 3 aliphatic rings. The van der Waals surface area contributed by atoms with Crippen LogP contribution in [0.2, 0.25) is 0 Å². The molecule has 0 saturated carbocycles. The van der Waals surface area contributed by atoms with Gasteiger partial charge in [0, 0.05) is 31.2 Å². The fraction of sp³-hybridized carbons (Fsp3) is 0.480. The van der Waals surface area contributed by atoms with Gasteiger partial charge < -0.3 is 10.0 Å². The van der Waals surface area contributed by atoms with Gasteiger partial charge >= 0.3 is 6.09 Å². The first kappa shape index (κ1) is 19.6. The number of nitrogens with zero attached hydrogens (tertiary/aromatic N) is 3. The zero-order valence-electron chi connectivity index (χ0n) is 17.6. The van der Waals surface area contributed by atoms with Crippen LogP contribution in [-0.2, 0) is 0 Å². The van der Waals surface area contributed by atoms with Crippen molar-refractivity contribution in [2.75, 3.05) is 20.1 Å². The Morgan fingerprint density at radius 1 is 0.900 bits per heavy atom. The van der Waals surface area contributed by atoms with E-state index in [-0.39, 0.29) is 18.1 Å². The molecule has 0 spiro atoms. The van der Waals surface area contributed by atoms with Gasteiger partial charge in [0.2, 0.25) is 0 Å². The highest BCUT2D eigenvalue weighted by atomic mass is 16.4. The molecule has 2 aromatic carbocycles. The van der Waals surface area contributed by atoms with Crippen LogP contribution < -0.4 is 0 Å². The Morgan fingerprint density at radius 3 is 1.87 bits per heavy atom. The number of rotatable bonds is 5. The normalized spacial score (nSPS) is 27.2. The number of hydrogen-bond acceptors (Lipinski definition) is 3. The third-order valence-corrected chi connectivity index (χ3v) is 7.57. The Morgan fingerprint density at radius 2 is 1.40 bits per heavy atom. The lowest BCUT2D eigenvalue weighted by Gasteiger charge is -2.52. The molecule has 2 bridgehead atoms. The van der Waals surface area contributed by atoms with Crippen molar-refractivity contribution >= 4 is 6.09 Å². The van der Waals surface area contributed by atoms with E-state index in [2.05, 4.69) is 65.4 Å². The highest BCUT2D eigenvalue weighted by Crippen LogP contribution is 2.39. The molecular weight excluding hydrogens is 374 g/mol. The standard InChI is InChI=1S/C25H31N3O2/c1-26-20-12-13-21(26)15-22(14-20)28(25(29)30)23-16-27(17-23)24(18-8-4-2-5-9-18)19-10-6-3-7-11-19/h2-11,20-24H,12-17H2,1H3,(H,29,30). The van der Waals surface area contributed by atoms with Crippen molar-refractivity contribution in [3.8, 4) is 0 Å². The van der Waals surface area contributed by atoms with Crippen LogP contribution in [0.4, 0.5) is 4.79 Å². The summed E-state index contributed by atoms with van der Waals surface area (Å²) in [5, 5.41) is 10.1. The van der Waals surface area contributed by atoms with Crippen molar-refractivity contribution in [3.63, 3.8) is 0 Å². The maximum Gasteiger partial charge on any atom is 0.407 e. The van der Waals surface area contributed by atoms with Crippen LogP contribution in [0.3, 0.4) is 0 Å². The van der Waals surface area contributed by atoms with Crippen LogP contribution in [-0.4, -0.2) is 70.2 Å². The summed E-state index contributed by atoms with van der Waals surface area (Å²) in [6.45, 7) is 1.59. The first-order valence-electron chi connectivity index (χ1n) is 11.2. The van der Waals surface area contributed by atoms with E-state index in [0.717, 1.165) is 25.9 Å². The molecule has 1 N–H and O–H groups in total. The number of benzene rings is 2. The molecule has 3 saturated heterocycles. The van der Waals surface area contributed by atoms with E-state index < -0.39 is 6.09 Å². The highest BCUT2D eigenvalue weighted by Gasteiger charge is 2.46. The summed E-state index contributed by atoms with van der Waals surface area (Å²) < 4.78 is 0. The smallest absolute Gasteiger partial charge is 0.407 e. The van der Waals surface area contributed by atoms with E-state index in [9.17, 15) is 9.90 Å². The zero-order chi connectivity index (χ0) is 20.7. The summed E-state index contributed by atoms with van der Waals surface area (Å²) in [5.41, 5.74) is 2.53. The van der Waals surface area contributed by atoms with Gasteiger partial charge in [-0.25, -0.2) is 4.79 Å². The van der Waals surface area contributed by atoms with E-state index in [1.807, 2.05) is 17.0 Å². The number of carboxylic acid groups (broad SMARTS) is 1. The first-order chi connectivity index (χ1) is 14.6. The zero-order valence-corrected chi connectivity index (χ0v) is 17.6. The summed E-state index contributed by atoms with van der Waals surface area (Å²) in [7, 11) is 2.21. The molecule has 3 aliphatic heterocycles. The minimum Gasteiger partial charge on any atom is -0.465 e. The maximum absolute atomic E-state index is 12.3. The molecule has 5 heteroatoms. The molecule has 2 atom stereocenters. The van der Waals surface area contributed by atoms with Gasteiger partial charge in [0.05, 0.1) is 12.1 Å². The summed E-state index contributed by atoms with van der Waals surface area (Å²) >= 11 is 0. The number of carbonyl (C=O) groups is 1. The van der Waals surface area contributed by atoms with Crippen LogP contribution in [0.15, 0.2) is 60.7 Å². The molecule has 0 radical (unpaired) electrons. The van der Waals surface area contributed by atoms with Gasteiger partial charge in [-0.3, -0.25) is 9.80 Å². The second kappa shape index (κ2) is 8.05. The number of amides is 1. The van der Waals surface area contributed by atoms with Crippen LogP contribution >= 0.6 is 0 Å². The van der Waals surface area contributed by atoms with Crippen molar-refractivity contribution in [2.24, 2.45) is 0 Å². The van der Waals surface area contributed by atoms with Crippen LogP contribution in [0.5, 0.6) is 0 Å². The Balaban J connectivity index is 1.33. The SMILES string of the molecule is CN1C2CCC1CC(N(C(=O)O)C1CN(C(c3ccccc3)c3ccccc3)C1)C2. The minimum absolute atomic E-state index is 0.0882. The Bertz CT molecular complexity index is 815. The second-order valence-electron chi connectivity index (χ2n) is 9.20. The lowest BCUT2D eigenvalue weighted by molar-refractivity contribution is -0.0199. The van der Waals surface area contributed by atoms with E-state index in [4.69, 9.17) is 0 Å². The van der Waals surface area contributed by atoms with Gasteiger partial charge in [0.15, 0.2) is 0 Å². The fourth-order valence-electron chi connectivity index (χ4n) is 5.98. The van der Waals surface area contributed by atoms with Gasteiger partial charge in [0.1, 0.15) is 0 Å². The molecule has 2 aromatic rings. The van der Waals surface area contributed by atoms with Gasteiger partial charge in [-0.05, 0) is 43.9 Å². The van der Waals surface area contributed by atoms with E-state index in [1.165, 1.54) is 24.0 Å². The predicted molar refractivity (Wildman–Crippen MR) is 118 cm³/mol. The first-order valence-corrected chi connectivity index (χ1v) is 11.2. The Kier molecular flexibility index (Phi) is 5.25. The fourth-order valence-corrected chi connectivity index (χ4v) is 5.98. The van der Waals surface area contributed by atoms with Crippen molar-refractivity contribution in [3.05, 3.63) is 71.8 Å². The van der Waals surface area contributed by atoms with E-state index in [0.29, 0.717) is 12.1 Å². The average Bonchev–Trinajstić information content (AvgIpc) is 2.94. The monoisotopic (exact) mass is 405 g/mol. The molecule has 158 valence electrons. The lowest BCUT2D eigenvalue weighted by atomic mass is 9.90. The molecule has 0 aliphatic carbocycles. The van der Waals surface area contributed by atoms with Crippen LogP contribution in [0, 0.1) is 0 Å². The van der Waals surface area contributed by atoms with Gasteiger partial charge in [-0.2, -0.15) is 0 Å². The predicted octanol–water partition coefficient (Wildman–Crippen LogP) is 4.07. The summed E-state index contributed by atoms with van der Waals surface area (Å²) in [6, 6.07) is 22.7. The third-order valence-electron chi connectivity index (χ3n) is 7.57. The van der Waals surface area contributed by atoms with Gasteiger partial charge in [-0.15, -0.1) is 0 Å². The van der Waals surface area contributed by atoms with Crippen LogP contribution in [0.1, 0.15) is 42.9 Å². The number of likely N-dealkylation sites (tertiary alicyclic amines) is 1. The van der Waals surface area contributed by atoms with Gasteiger partial charge in [0.25, 0.3) is 0 Å². The largest absolute Gasteiger partial charge is 0.465 e. The van der Waals surface area contributed by atoms with Gasteiger partial charge in [-0.1, -0.05) is 60.7 Å². The lowest BCUT2D eigenvalue weighted by Crippen LogP contribution is -2.65. The number of fused-ring (bicyclic) bond motifs is 2. The van der Waals surface area contributed by atoms with Crippen molar-refractivity contribution < 1.29 is 9.90 Å². The molecular formula is C25H31N3O2. The quantitative estimate of drug-likeness (QED) is 0.815. The van der Waals surface area contributed by atoms with Crippen molar-refractivity contribution in [1.29, 1.82) is 0 Å². The maximum atomic E-state index is 12.3. The summed E-state index contributed by atoms with van der Waals surface area (Å²) in [6.07, 6.45) is 3.65. The Labute approximate surface area is 178 Å². The highest BCUT2D eigenvalue weighted by molar-refractivity contribution is 5.66. The number of piperidine rings is 1. The molecule has 3 fully saturated rings. The van der Waals surface area contributed by atoms with Crippen LogP contribution in [0.25, 0.3) is 0 Å². The molecule has 2 unspecified atom stereocenters. The molecule has 30 heavy (non-hydrogen) atoms. The summed E-state index contributed by atoms with van der Waals surface area (Å²) in [5.74, 6) is 0. The van der Waals surface area contributed by atoms with Crippen molar-refractivity contribution in [1.82, 2.24) is 14.7 Å². The number of hydrogen-bond donors (Lipinski definition) is 1. The van der Waals surface area contributed by atoms with Crippen molar-refractivity contribution in [2.45, 2.75) is 55.9 Å². The van der Waals surface area contributed by atoms with E-state index in [1.54, 1.807) is 0 Å². The summed E-state index contributed by atoms with van der Waals surface area (Å²) in [4.78, 5) is 19.0. The Hall–Kier alpha value is -2.37. The third kappa shape index (κ3) is 3.50. The second-order valence-corrected chi connectivity index (χ2v) is 9.20. The molecule has 5 nitrogen and oxygen atoms in total. The minimum atomic E-state index is -0.746. The molecule has 0 aromatic heterocycles. The molecule has 3 heterocycles. The molecule has 1 amide bonds. The van der Waals surface area contributed by atoms with E-state index >= 15 is 0 Å².